The van der Waals surface area contributed by atoms with Crippen LogP contribution in [0, 0.1) is 29.6 Å². The van der Waals surface area contributed by atoms with Crippen LogP contribution in [-0.4, -0.2) is 5.91 Å². The van der Waals surface area contributed by atoms with Crippen molar-refractivity contribution in [3.05, 3.63) is 65.7 Å². The number of carbonyl (C=O) groups excluding carboxylic acids is 1. The third-order valence-electron chi connectivity index (χ3n) is 7.18. The molecule has 4 aliphatic carbocycles. The van der Waals surface area contributed by atoms with Crippen molar-refractivity contribution in [3.8, 4) is 0 Å². The SMILES string of the molecule is O=C(Nc1ccccc1CC1C2CC3CC(C2)CC1C3)c1ccccc1. The van der Waals surface area contributed by atoms with Crippen LogP contribution in [0.1, 0.15) is 48.0 Å². The molecule has 1 N–H and O–H groups in total. The number of rotatable bonds is 4. The van der Waals surface area contributed by atoms with Crippen molar-refractivity contribution in [1.29, 1.82) is 0 Å². The summed E-state index contributed by atoms with van der Waals surface area (Å²) in [5.41, 5.74) is 3.03. The number of nitrogens with one attached hydrogen (secondary N) is 1. The quantitative estimate of drug-likeness (QED) is 0.773. The van der Waals surface area contributed by atoms with Gasteiger partial charge in [-0.05, 0) is 91.9 Å². The Kier molecular flexibility index (Phi) is 4.07. The van der Waals surface area contributed by atoms with Gasteiger partial charge in [0.15, 0.2) is 0 Å². The Bertz CT molecular complexity index is 769. The first-order chi connectivity index (χ1) is 12.8. The monoisotopic (exact) mass is 345 g/mol. The maximum atomic E-state index is 12.6. The van der Waals surface area contributed by atoms with Crippen LogP contribution in [0.2, 0.25) is 0 Å². The van der Waals surface area contributed by atoms with Crippen molar-refractivity contribution in [2.24, 2.45) is 29.6 Å². The predicted octanol–water partition coefficient (Wildman–Crippen LogP) is 5.55. The van der Waals surface area contributed by atoms with E-state index in [4.69, 9.17) is 0 Å². The van der Waals surface area contributed by atoms with Gasteiger partial charge in [0, 0.05) is 11.3 Å². The van der Waals surface area contributed by atoms with Gasteiger partial charge in [0.05, 0.1) is 0 Å². The van der Waals surface area contributed by atoms with Crippen molar-refractivity contribution in [1.82, 2.24) is 0 Å². The molecule has 6 rings (SSSR count). The van der Waals surface area contributed by atoms with E-state index in [1.165, 1.54) is 37.7 Å². The van der Waals surface area contributed by atoms with Gasteiger partial charge in [0.25, 0.3) is 5.91 Å². The first kappa shape index (κ1) is 16.1. The van der Waals surface area contributed by atoms with Crippen molar-refractivity contribution < 1.29 is 4.79 Å². The van der Waals surface area contributed by atoms with Gasteiger partial charge < -0.3 is 5.32 Å². The van der Waals surface area contributed by atoms with Crippen molar-refractivity contribution in [3.63, 3.8) is 0 Å². The second-order valence-electron chi connectivity index (χ2n) is 8.78. The Labute approximate surface area is 156 Å². The summed E-state index contributed by atoms with van der Waals surface area (Å²) < 4.78 is 0. The first-order valence-electron chi connectivity index (χ1n) is 10.2. The van der Waals surface area contributed by atoms with Crippen LogP contribution in [-0.2, 0) is 6.42 Å². The molecule has 26 heavy (non-hydrogen) atoms. The standard InChI is InChI=1S/C24H27NO/c26-24(18-6-2-1-3-7-18)25-23-9-5-4-8-19(23)15-22-20-11-16-10-17(13-20)14-21(22)12-16/h1-9,16-17,20-22H,10-15H2,(H,25,26). The molecule has 4 bridgehead atoms. The molecule has 4 aliphatic rings. The Hall–Kier alpha value is -2.09. The number of para-hydroxylation sites is 1. The number of hydrogen-bond donors (Lipinski definition) is 1. The molecule has 0 aromatic heterocycles. The maximum absolute atomic E-state index is 12.6. The van der Waals surface area contributed by atoms with Crippen LogP contribution >= 0.6 is 0 Å². The summed E-state index contributed by atoms with van der Waals surface area (Å²) in [5, 5.41) is 3.16. The summed E-state index contributed by atoms with van der Waals surface area (Å²) >= 11 is 0. The summed E-state index contributed by atoms with van der Waals surface area (Å²) in [6, 6.07) is 17.9. The van der Waals surface area contributed by atoms with E-state index < -0.39 is 0 Å². The molecule has 2 nitrogen and oxygen atoms in total. The minimum Gasteiger partial charge on any atom is -0.322 e. The molecular formula is C24H27NO. The number of carbonyl (C=O) groups is 1. The summed E-state index contributed by atoms with van der Waals surface area (Å²) in [6.07, 6.45) is 8.45. The molecule has 4 fully saturated rings. The van der Waals surface area contributed by atoms with Crippen LogP contribution in [0.5, 0.6) is 0 Å². The molecule has 134 valence electrons. The molecule has 0 unspecified atom stereocenters. The molecule has 2 heteroatoms. The average Bonchev–Trinajstić information content (AvgIpc) is 2.66. The molecule has 0 spiro atoms. The topological polar surface area (TPSA) is 29.1 Å². The van der Waals surface area contributed by atoms with Gasteiger partial charge in [-0.25, -0.2) is 0 Å². The van der Waals surface area contributed by atoms with Gasteiger partial charge in [-0.1, -0.05) is 36.4 Å². The molecule has 0 saturated heterocycles. The zero-order valence-corrected chi connectivity index (χ0v) is 15.2. The van der Waals surface area contributed by atoms with Crippen LogP contribution in [0.25, 0.3) is 0 Å². The van der Waals surface area contributed by atoms with Crippen LogP contribution in [0.4, 0.5) is 5.69 Å². The molecule has 1 amide bonds. The number of hydrogen-bond acceptors (Lipinski definition) is 1. The lowest BCUT2D eigenvalue weighted by Crippen LogP contribution is -2.45. The van der Waals surface area contributed by atoms with E-state index >= 15 is 0 Å². The molecule has 4 saturated carbocycles. The third kappa shape index (κ3) is 2.96. The van der Waals surface area contributed by atoms with Crippen LogP contribution in [0.15, 0.2) is 54.6 Å². The van der Waals surface area contributed by atoms with E-state index in [-0.39, 0.29) is 5.91 Å². The second kappa shape index (κ2) is 6.57. The normalized spacial score (nSPS) is 31.8. The lowest BCUT2D eigenvalue weighted by molar-refractivity contribution is -0.0359. The predicted molar refractivity (Wildman–Crippen MR) is 105 cm³/mol. The van der Waals surface area contributed by atoms with Gasteiger partial charge in [0.1, 0.15) is 0 Å². The van der Waals surface area contributed by atoms with E-state index in [9.17, 15) is 4.79 Å². The second-order valence-corrected chi connectivity index (χ2v) is 8.78. The van der Waals surface area contributed by atoms with E-state index in [2.05, 4.69) is 23.5 Å². The maximum Gasteiger partial charge on any atom is 0.255 e. The molecule has 0 atom stereocenters. The smallest absolute Gasteiger partial charge is 0.255 e. The third-order valence-corrected chi connectivity index (χ3v) is 7.18. The van der Waals surface area contributed by atoms with E-state index in [0.717, 1.165) is 47.3 Å². The fourth-order valence-electron chi connectivity index (χ4n) is 6.23. The molecule has 0 heterocycles. The van der Waals surface area contributed by atoms with Crippen molar-refractivity contribution in [2.45, 2.75) is 38.5 Å². The number of amides is 1. The van der Waals surface area contributed by atoms with Gasteiger partial charge in [-0.2, -0.15) is 0 Å². The first-order valence-corrected chi connectivity index (χ1v) is 10.2. The molecular weight excluding hydrogens is 318 g/mol. The number of anilines is 1. The van der Waals surface area contributed by atoms with E-state index in [1.807, 2.05) is 36.4 Å². The minimum atomic E-state index is -0.0110. The lowest BCUT2D eigenvalue weighted by Gasteiger charge is -2.54. The Balaban J connectivity index is 1.35. The van der Waals surface area contributed by atoms with Crippen molar-refractivity contribution in [2.75, 3.05) is 5.32 Å². The zero-order valence-electron chi connectivity index (χ0n) is 15.2. The highest BCUT2D eigenvalue weighted by Gasteiger charge is 2.47. The highest BCUT2D eigenvalue weighted by Crippen LogP contribution is 2.57. The van der Waals surface area contributed by atoms with Crippen LogP contribution < -0.4 is 5.32 Å². The largest absolute Gasteiger partial charge is 0.322 e. The van der Waals surface area contributed by atoms with E-state index in [0.29, 0.717) is 0 Å². The molecule has 0 aliphatic heterocycles. The van der Waals surface area contributed by atoms with Gasteiger partial charge >= 0.3 is 0 Å². The summed E-state index contributed by atoms with van der Waals surface area (Å²) in [6.45, 7) is 0. The van der Waals surface area contributed by atoms with Gasteiger partial charge in [0.2, 0.25) is 0 Å². The Morgan fingerprint density at radius 2 is 1.42 bits per heavy atom. The number of benzene rings is 2. The summed E-state index contributed by atoms with van der Waals surface area (Å²) in [4.78, 5) is 12.6. The molecule has 2 aromatic rings. The van der Waals surface area contributed by atoms with Gasteiger partial charge in [-0.15, -0.1) is 0 Å². The highest BCUT2D eigenvalue weighted by molar-refractivity contribution is 6.04. The van der Waals surface area contributed by atoms with Gasteiger partial charge in [-0.3, -0.25) is 4.79 Å². The average molecular weight is 345 g/mol. The van der Waals surface area contributed by atoms with Crippen LogP contribution in [0.3, 0.4) is 0 Å². The fourth-order valence-corrected chi connectivity index (χ4v) is 6.23. The molecule has 0 radical (unpaired) electrons. The van der Waals surface area contributed by atoms with E-state index in [1.54, 1.807) is 0 Å². The highest BCUT2D eigenvalue weighted by atomic mass is 16.1. The lowest BCUT2D eigenvalue weighted by atomic mass is 9.51. The minimum absolute atomic E-state index is 0.0110. The summed E-state index contributed by atoms with van der Waals surface area (Å²) in [7, 11) is 0. The Morgan fingerprint density at radius 1 is 0.808 bits per heavy atom. The van der Waals surface area contributed by atoms with Crippen molar-refractivity contribution >= 4 is 11.6 Å². The fraction of sp³-hybridized carbons (Fsp3) is 0.458. The Morgan fingerprint density at radius 3 is 2.12 bits per heavy atom. The summed E-state index contributed by atoms with van der Waals surface area (Å²) in [5.74, 6) is 4.68. The molecule has 2 aromatic carbocycles. The zero-order chi connectivity index (χ0) is 17.5.